The normalized spacial score (nSPS) is 12.1. The maximum absolute atomic E-state index is 12.2. The van der Waals surface area contributed by atoms with Crippen molar-refractivity contribution in [3.05, 3.63) is 26.7 Å². The highest BCUT2D eigenvalue weighted by atomic mass is 79.9. The Kier molecular flexibility index (Phi) is 6.60. The molecule has 1 aromatic carbocycles. The second kappa shape index (κ2) is 7.27. The third-order valence-corrected chi connectivity index (χ3v) is 5.75. The monoisotopic (exact) mass is 387 g/mol. The van der Waals surface area contributed by atoms with Crippen LogP contribution in [0.25, 0.3) is 0 Å². The molecule has 0 aromatic heterocycles. The van der Waals surface area contributed by atoms with Crippen molar-refractivity contribution in [2.75, 3.05) is 6.54 Å². The summed E-state index contributed by atoms with van der Waals surface area (Å²) in [5.74, 6) is 0.308. The van der Waals surface area contributed by atoms with Crippen LogP contribution in [0.1, 0.15) is 26.7 Å². The molecule has 1 aromatic rings. The molecule has 0 aliphatic heterocycles. The number of benzene rings is 1. The molecule has 0 bridgehead atoms. The van der Waals surface area contributed by atoms with Gasteiger partial charge in [0.1, 0.15) is 4.90 Å². The van der Waals surface area contributed by atoms with Crippen LogP contribution in [0.4, 0.5) is 0 Å². The van der Waals surface area contributed by atoms with Crippen LogP contribution in [-0.2, 0) is 10.0 Å². The van der Waals surface area contributed by atoms with Crippen molar-refractivity contribution in [3.8, 4) is 0 Å². The van der Waals surface area contributed by atoms with Crippen molar-refractivity contribution in [3.63, 3.8) is 0 Å². The SMILES string of the molecule is CCC(CC)CNS(=O)(=O)c1c(Cl)cc(Br)cc1Cl. The number of rotatable bonds is 6. The molecule has 0 fully saturated rings. The van der Waals surface area contributed by atoms with Gasteiger partial charge in [-0.15, -0.1) is 0 Å². The van der Waals surface area contributed by atoms with Gasteiger partial charge in [0, 0.05) is 11.0 Å². The van der Waals surface area contributed by atoms with Crippen LogP contribution < -0.4 is 4.72 Å². The molecule has 0 unspecified atom stereocenters. The molecule has 19 heavy (non-hydrogen) atoms. The van der Waals surface area contributed by atoms with Gasteiger partial charge in [-0.05, 0) is 18.1 Å². The Balaban J connectivity index is 3.01. The van der Waals surface area contributed by atoms with Gasteiger partial charge in [0.15, 0.2) is 0 Å². The second-order valence-electron chi connectivity index (χ2n) is 4.23. The van der Waals surface area contributed by atoms with E-state index in [0.717, 1.165) is 12.8 Å². The van der Waals surface area contributed by atoms with Gasteiger partial charge >= 0.3 is 0 Å². The minimum absolute atomic E-state index is 0.0648. The van der Waals surface area contributed by atoms with E-state index in [-0.39, 0.29) is 14.9 Å². The van der Waals surface area contributed by atoms with Crippen molar-refractivity contribution in [1.82, 2.24) is 4.72 Å². The topological polar surface area (TPSA) is 46.2 Å². The fourth-order valence-electron chi connectivity index (χ4n) is 1.66. The number of hydrogen-bond acceptors (Lipinski definition) is 2. The number of nitrogens with one attached hydrogen (secondary N) is 1. The Labute approximate surface area is 132 Å². The Morgan fingerprint density at radius 3 is 2.11 bits per heavy atom. The summed E-state index contributed by atoms with van der Waals surface area (Å²) in [5.41, 5.74) is 0. The summed E-state index contributed by atoms with van der Waals surface area (Å²) in [4.78, 5) is -0.0648. The van der Waals surface area contributed by atoms with Crippen LogP contribution >= 0.6 is 39.1 Å². The maximum atomic E-state index is 12.2. The molecule has 3 nitrogen and oxygen atoms in total. The Bertz CT molecular complexity index is 522. The van der Waals surface area contributed by atoms with Crippen LogP contribution in [-0.4, -0.2) is 15.0 Å². The molecular weight excluding hydrogens is 373 g/mol. The highest BCUT2D eigenvalue weighted by Gasteiger charge is 2.22. The van der Waals surface area contributed by atoms with Crippen molar-refractivity contribution in [1.29, 1.82) is 0 Å². The summed E-state index contributed by atoms with van der Waals surface area (Å²) in [6.07, 6.45) is 1.83. The zero-order valence-corrected chi connectivity index (χ0v) is 14.6. The Morgan fingerprint density at radius 1 is 1.21 bits per heavy atom. The average Bonchev–Trinajstić information content (AvgIpc) is 2.28. The van der Waals surface area contributed by atoms with Gasteiger partial charge in [-0.3, -0.25) is 0 Å². The third-order valence-electron chi connectivity index (χ3n) is 2.95. The largest absolute Gasteiger partial charge is 0.243 e. The van der Waals surface area contributed by atoms with E-state index < -0.39 is 10.0 Å². The standard InChI is InChI=1S/C12H16BrCl2NO2S/c1-3-8(4-2)7-16-19(17,18)12-10(14)5-9(13)6-11(12)15/h5-6,8,16H,3-4,7H2,1-2H3. The molecule has 0 aliphatic carbocycles. The summed E-state index contributed by atoms with van der Waals surface area (Å²) in [6, 6.07) is 3.03. The maximum Gasteiger partial charge on any atom is 0.243 e. The molecule has 1 N–H and O–H groups in total. The quantitative estimate of drug-likeness (QED) is 0.781. The van der Waals surface area contributed by atoms with E-state index in [4.69, 9.17) is 23.2 Å². The zero-order chi connectivity index (χ0) is 14.6. The lowest BCUT2D eigenvalue weighted by Gasteiger charge is -2.15. The molecule has 0 heterocycles. The van der Waals surface area contributed by atoms with E-state index in [1.54, 1.807) is 0 Å². The minimum atomic E-state index is -3.69. The van der Waals surface area contributed by atoms with Gasteiger partial charge in [-0.1, -0.05) is 65.8 Å². The first-order chi connectivity index (χ1) is 8.81. The molecule has 0 saturated carbocycles. The number of hydrogen-bond donors (Lipinski definition) is 1. The summed E-state index contributed by atoms with van der Waals surface area (Å²) < 4.78 is 27.7. The van der Waals surface area contributed by atoms with E-state index in [1.807, 2.05) is 13.8 Å². The lowest BCUT2D eigenvalue weighted by atomic mass is 10.0. The summed E-state index contributed by atoms with van der Waals surface area (Å²) in [5, 5.41) is 0.216. The van der Waals surface area contributed by atoms with Gasteiger partial charge in [0.2, 0.25) is 10.0 Å². The van der Waals surface area contributed by atoms with Gasteiger partial charge in [-0.25, -0.2) is 13.1 Å². The minimum Gasteiger partial charge on any atom is -0.211 e. The Morgan fingerprint density at radius 2 is 1.68 bits per heavy atom. The Hall–Kier alpha value is 0.190. The van der Waals surface area contributed by atoms with E-state index in [2.05, 4.69) is 20.7 Å². The van der Waals surface area contributed by atoms with Gasteiger partial charge in [-0.2, -0.15) is 0 Å². The molecule has 0 radical (unpaired) electrons. The zero-order valence-electron chi connectivity index (χ0n) is 10.7. The van der Waals surface area contributed by atoms with Crippen LogP contribution in [0.2, 0.25) is 10.0 Å². The van der Waals surface area contributed by atoms with E-state index in [0.29, 0.717) is 16.9 Å². The molecule has 0 aliphatic rings. The van der Waals surface area contributed by atoms with Crippen LogP contribution in [0, 0.1) is 5.92 Å². The van der Waals surface area contributed by atoms with E-state index in [1.165, 1.54) is 12.1 Å². The first-order valence-electron chi connectivity index (χ1n) is 5.96. The van der Waals surface area contributed by atoms with E-state index >= 15 is 0 Å². The summed E-state index contributed by atoms with van der Waals surface area (Å²) in [7, 11) is -3.69. The average molecular weight is 389 g/mol. The molecule has 0 atom stereocenters. The van der Waals surface area contributed by atoms with E-state index in [9.17, 15) is 8.42 Å². The second-order valence-corrected chi connectivity index (χ2v) is 7.67. The van der Waals surface area contributed by atoms with Crippen molar-refractivity contribution in [2.45, 2.75) is 31.6 Å². The lowest BCUT2D eigenvalue weighted by molar-refractivity contribution is 0.479. The highest BCUT2D eigenvalue weighted by molar-refractivity contribution is 9.10. The van der Waals surface area contributed by atoms with Gasteiger partial charge < -0.3 is 0 Å². The van der Waals surface area contributed by atoms with Crippen LogP contribution in [0.15, 0.2) is 21.5 Å². The highest BCUT2D eigenvalue weighted by Crippen LogP contribution is 2.32. The van der Waals surface area contributed by atoms with Crippen molar-refractivity contribution < 1.29 is 8.42 Å². The number of halogens is 3. The van der Waals surface area contributed by atoms with Gasteiger partial charge in [0.05, 0.1) is 10.0 Å². The predicted octanol–water partition coefficient (Wildman–Crippen LogP) is 4.47. The smallest absolute Gasteiger partial charge is 0.211 e. The fraction of sp³-hybridized carbons (Fsp3) is 0.500. The molecule has 108 valence electrons. The first kappa shape index (κ1) is 17.2. The molecule has 0 spiro atoms. The fourth-order valence-corrected chi connectivity index (χ4v) is 4.71. The molecule has 1 rings (SSSR count). The molecule has 0 amide bonds. The summed E-state index contributed by atoms with van der Waals surface area (Å²) in [6.45, 7) is 4.45. The van der Waals surface area contributed by atoms with Crippen LogP contribution in [0.5, 0.6) is 0 Å². The first-order valence-corrected chi connectivity index (χ1v) is 8.99. The van der Waals surface area contributed by atoms with Crippen molar-refractivity contribution in [2.24, 2.45) is 5.92 Å². The molecule has 7 heteroatoms. The third kappa shape index (κ3) is 4.60. The lowest BCUT2D eigenvalue weighted by Crippen LogP contribution is -2.29. The predicted molar refractivity (Wildman–Crippen MR) is 83.4 cm³/mol. The molecule has 0 saturated heterocycles. The van der Waals surface area contributed by atoms with Gasteiger partial charge in [0.25, 0.3) is 0 Å². The summed E-state index contributed by atoms with van der Waals surface area (Å²) >= 11 is 15.2. The number of sulfonamides is 1. The van der Waals surface area contributed by atoms with Crippen LogP contribution in [0.3, 0.4) is 0 Å². The van der Waals surface area contributed by atoms with Crippen molar-refractivity contribution >= 4 is 49.2 Å². The molecular formula is C12H16BrCl2NO2S.